The summed E-state index contributed by atoms with van der Waals surface area (Å²) in [5.41, 5.74) is 0.231. The smallest absolute Gasteiger partial charge is 0.406 e. The van der Waals surface area contributed by atoms with Crippen LogP contribution in [0.4, 0.5) is 28.0 Å². The van der Waals surface area contributed by atoms with E-state index in [9.17, 15) is 22.4 Å². The third-order valence-corrected chi connectivity index (χ3v) is 3.48. The van der Waals surface area contributed by atoms with Gasteiger partial charge in [-0.1, -0.05) is 23.7 Å². The van der Waals surface area contributed by atoms with Crippen molar-refractivity contribution >= 4 is 23.3 Å². The van der Waals surface area contributed by atoms with Crippen LogP contribution in [0, 0.1) is 5.82 Å². The number of halogens is 5. The maximum Gasteiger partial charge on any atom is 0.573 e. The maximum absolute atomic E-state index is 13.7. The van der Waals surface area contributed by atoms with E-state index in [4.69, 9.17) is 11.6 Å². The van der Waals surface area contributed by atoms with Crippen LogP contribution in [0.15, 0.2) is 42.5 Å². The van der Waals surface area contributed by atoms with Crippen molar-refractivity contribution in [1.29, 1.82) is 0 Å². The minimum Gasteiger partial charge on any atom is -0.406 e. The second kappa shape index (κ2) is 7.60. The molecule has 0 atom stereocenters. The zero-order chi connectivity index (χ0) is 18.6. The molecule has 1 N–H and O–H groups in total. The quantitative estimate of drug-likeness (QED) is 0.759. The topological polar surface area (TPSA) is 41.6 Å². The number of carbonyl (C=O) groups excluding carboxylic acids is 1. The molecule has 9 heteroatoms. The van der Waals surface area contributed by atoms with Crippen LogP contribution in [0.3, 0.4) is 0 Å². The van der Waals surface area contributed by atoms with E-state index in [0.717, 1.165) is 17.0 Å². The Balaban J connectivity index is 2.05. The van der Waals surface area contributed by atoms with Crippen LogP contribution in [0.1, 0.15) is 5.56 Å². The molecule has 2 aromatic carbocycles. The summed E-state index contributed by atoms with van der Waals surface area (Å²) in [6, 6.07) is 8.31. The highest BCUT2D eigenvalue weighted by Crippen LogP contribution is 2.25. The number of alkyl halides is 3. The van der Waals surface area contributed by atoms with Gasteiger partial charge in [-0.15, -0.1) is 13.2 Å². The Hall–Kier alpha value is -2.48. The van der Waals surface area contributed by atoms with Gasteiger partial charge >= 0.3 is 12.4 Å². The fourth-order valence-electron chi connectivity index (χ4n) is 1.98. The summed E-state index contributed by atoms with van der Waals surface area (Å²) in [4.78, 5) is 13.3. The van der Waals surface area contributed by atoms with Gasteiger partial charge in [-0.05, 0) is 24.3 Å². The molecule has 2 rings (SSSR count). The van der Waals surface area contributed by atoms with Crippen molar-refractivity contribution in [2.24, 2.45) is 0 Å². The SMILES string of the molecule is CN(Cc1c(F)cccc1Cl)C(=O)Nc1cccc(OC(F)(F)F)c1. The number of hydrogen-bond donors (Lipinski definition) is 1. The number of benzene rings is 2. The minimum absolute atomic E-state index is 0.0956. The first-order chi connectivity index (χ1) is 11.7. The van der Waals surface area contributed by atoms with Gasteiger partial charge in [-0.3, -0.25) is 0 Å². The Labute approximate surface area is 145 Å². The Morgan fingerprint density at radius 3 is 2.56 bits per heavy atom. The number of hydrogen-bond acceptors (Lipinski definition) is 2. The number of nitrogens with one attached hydrogen (secondary N) is 1. The van der Waals surface area contributed by atoms with Gasteiger partial charge in [0, 0.05) is 29.4 Å². The van der Waals surface area contributed by atoms with E-state index in [1.807, 2.05) is 0 Å². The fraction of sp³-hybridized carbons (Fsp3) is 0.188. The molecule has 0 aliphatic heterocycles. The van der Waals surface area contributed by atoms with Gasteiger partial charge in [-0.25, -0.2) is 9.18 Å². The first-order valence-corrected chi connectivity index (χ1v) is 7.34. The molecule has 0 aromatic heterocycles. The number of nitrogens with zero attached hydrogens (tertiary/aromatic N) is 1. The van der Waals surface area contributed by atoms with E-state index >= 15 is 0 Å². The molecule has 25 heavy (non-hydrogen) atoms. The highest BCUT2D eigenvalue weighted by atomic mass is 35.5. The Bertz CT molecular complexity index is 748. The molecule has 0 saturated carbocycles. The third kappa shape index (κ3) is 5.53. The molecule has 0 bridgehead atoms. The van der Waals surface area contributed by atoms with Crippen LogP contribution in [-0.4, -0.2) is 24.3 Å². The van der Waals surface area contributed by atoms with Crippen LogP contribution >= 0.6 is 11.6 Å². The van der Waals surface area contributed by atoms with E-state index in [1.54, 1.807) is 0 Å². The van der Waals surface area contributed by atoms with Gasteiger partial charge in [0.1, 0.15) is 11.6 Å². The second-order valence-corrected chi connectivity index (χ2v) is 5.47. The van der Waals surface area contributed by atoms with Crippen molar-refractivity contribution < 1.29 is 27.1 Å². The van der Waals surface area contributed by atoms with Crippen molar-refractivity contribution in [1.82, 2.24) is 4.90 Å². The zero-order valence-electron chi connectivity index (χ0n) is 12.9. The Kier molecular flexibility index (Phi) is 5.73. The van der Waals surface area contributed by atoms with Crippen molar-refractivity contribution in [3.63, 3.8) is 0 Å². The molecule has 2 amide bonds. The van der Waals surface area contributed by atoms with E-state index in [-0.39, 0.29) is 22.8 Å². The molecule has 0 radical (unpaired) electrons. The van der Waals surface area contributed by atoms with Crippen LogP contribution < -0.4 is 10.1 Å². The second-order valence-electron chi connectivity index (χ2n) is 5.06. The molecule has 0 aliphatic carbocycles. The van der Waals surface area contributed by atoms with Crippen LogP contribution in [0.2, 0.25) is 5.02 Å². The van der Waals surface area contributed by atoms with Crippen molar-refractivity contribution in [2.45, 2.75) is 12.9 Å². The number of urea groups is 1. The molecule has 0 saturated heterocycles. The molecule has 0 spiro atoms. The predicted octanol–water partition coefficient (Wildman–Crippen LogP) is 5.04. The largest absolute Gasteiger partial charge is 0.573 e. The van der Waals surface area contributed by atoms with Crippen molar-refractivity contribution in [3.8, 4) is 5.75 Å². The van der Waals surface area contributed by atoms with Crippen molar-refractivity contribution in [2.75, 3.05) is 12.4 Å². The van der Waals surface area contributed by atoms with Crippen LogP contribution in [0.25, 0.3) is 0 Å². The van der Waals surface area contributed by atoms with Gasteiger partial charge in [0.15, 0.2) is 0 Å². The highest BCUT2D eigenvalue weighted by Gasteiger charge is 2.31. The highest BCUT2D eigenvalue weighted by molar-refractivity contribution is 6.31. The van der Waals surface area contributed by atoms with Crippen LogP contribution in [-0.2, 0) is 6.54 Å². The van der Waals surface area contributed by atoms with Gasteiger partial charge in [0.2, 0.25) is 0 Å². The standard InChI is InChI=1S/C16H13ClF4N2O2/c1-23(9-12-13(17)6-3-7-14(12)18)15(24)22-10-4-2-5-11(8-10)25-16(19,20)21/h2-8H,9H2,1H3,(H,22,24). The summed E-state index contributed by atoms with van der Waals surface area (Å²) in [7, 11) is 1.40. The zero-order valence-corrected chi connectivity index (χ0v) is 13.7. The number of ether oxygens (including phenoxy) is 1. The number of amides is 2. The van der Waals surface area contributed by atoms with Gasteiger partial charge < -0.3 is 15.0 Å². The van der Waals surface area contributed by atoms with E-state index in [1.165, 1.54) is 37.4 Å². The van der Waals surface area contributed by atoms with E-state index in [2.05, 4.69) is 10.1 Å². The molecule has 0 heterocycles. The summed E-state index contributed by atoms with van der Waals surface area (Å²) in [5.74, 6) is -1.03. The molecule has 2 aromatic rings. The van der Waals surface area contributed by atoms with Crippen LogP contribution in [0.5, 0.6) is 5.75 Å². The normalized spacial score (nSPS) is 11.1. The molecule has 0 aliphatic rings. The van der Waals surface area contributed by atoms with Gasteiger partial charge in [-0.2, -0.15) is 0 Å². The number of carbonyl (C=O) groups is 1. The fourth-order valence-corrected chi connectivity index (χ4v) is 2.21. The van der Waals surface area contributed by atoms with E-state index in [0.29, 0.717) is 0 Å². The van der Waals surface area contributed by atoms with Gasteiger partial charge in [0.05, 0.1) is 6.54 Å². The summed E-state index contributed by atoms with van der Waals surface area (Å²) < 4.78 is 54.2. The lowest BCUT2D eigenvalue weighted by Crippen LogP contribution is -2.31. The lowest BCUT2D eigenvalue weighted by atomic mass is 10.2. The Morgan fingerprint density at radius 2 is 1.92 bits per heavy atom. The molecule has 0 fully saturated rings. The molecular weight excluding hydrogens is 364 g/mol. The Morgan fingerprint density at radius 1 is 1.24 bits per heavy atom. The average Bonchev–Trinajstić information content (AvgIpc) is 2.49. The number of rotatable bonds is 4. The van der Waals surface area contributed by atoms with Crippen molar-refractivity contribution in [3.05, 3.63) is 58.9 Å². The third-order valence-electron chi connectivity index (χ3n) is 3.12. The van der Waals surface area contributed by atoms with E-state index < -0.39 is 24.0 Å². The first-order valence-electron chi connectivity index (χ1n) is 6.96. The molecule has 134 valence electrons. The predicted molar refractivity (Wildman–Crippen MR) is 85.0 cm³/mol. The first kappa shape index (κ1) is 18.9. The minimum atomic E-state index is -4.83. The maximum atomic E-state index is 13.7. The molecule has 0 unspecified atom stereocenters. The summed E-state index contributed by atoms with van der Waals surface area (Å²) in [6.07, 6.45) is -4.83. The monoisotopic (exact) mass is 376 g/mol. The summed E-state index contributed by atoms with van der Waals surface area (Å²) >= 11 is 5.90. The lowest BCUT2D eigenvalue weighted by Gasteiger charge is -2.19. The van der Waals surface area contributed by atoms with Gasteiger partial charge in [0.25, 0.3) is 0 Å². The lowest BCUT2D eigenvalue weighted by molar-refractivity contribution is -0.274. The molecular formula is C16H13ClF4N2O2. The molecule has 4 nitrogen and oxygen atoms in total. The number of anilines is 1. The summed E-state index contributed by atoms with van der Waals surface area (Å²) in [6.45, 7) is -0.115. The average molecular weight is 377 g/mol. The summed E-state index contributed by atoms with van der Waals surface area (Å²) in [5, 5.41) is 2.57.